The van der Waals surface area contributed by atoms with Crippen LogP contribution in [0.15, 0.2) is 72.8 Å². The Labute approximate surface area is 269 Å². The van der Waals surface area contributed by atoms with Gasteiger partial charge in [-0.3, -0.25) is 9.69 Å². The summed E-state index contributed by atoms with van der Waals surface area (Å²) in [6.07, 6.45) is -1.09. The normalized spacial score (nSPS) is 16.1. The van der Waals surface area contributed by atoms with Crippen LogP contribution in [-0.2, 0) is 28.6 Å². The highest BCUT2D eigenvalue weighted by molar-refractivity contribution is 6.07. The minimum atomic E-state index is -4.53. The molecular formula is C34H35F3N2O8. The molecule has 3 aromatic rings. The SMILES string of the molecule is COc1cc2c(cc1OC)CCN(CCC1COc3ccccc3N1C(=O)c1cccc(C(F)(F)F)c1)CC2.O=C(O)/C=C/C(=O)O. The lowest BCUT2D eigenvalue weighted by Gasteiger charge is -2.38. The zero-order valence-electron chi connectivity index (χ0n) is 25.8. The Kier molecular flexibility index (Phi) is 11.5. The van der Waals surface area contributed by atoms with E-state index < -0.39 is 29.6 Å². The molecule has 2 N–H and O–H groups in total. The molecule has 5 rings (SSSR count). The molecule has 0 fully saturated rings. The summed E-state index contributed by atoms with van der Waals surface area (Å²) in [7, 11) is 3.26. The smallest absolute Gasteiger partial charge is 0.416 e. The highest BCUT2D eigenvalue weighted by Crippen LogP contribution is 2.37. The number of hydrogen-bond acceptors (Lipinski definition) is 7. The fraction of sp³-hybridized carbons (Fsp3) is 0.324. The summed E-state index contributed by atoms with van der Waals surface area (Å²) in [5.41, 5.74) is 2.18. The number of carbonyl (C=O) groups excluding carboxylic acids is 1. The number of alkyl halides is 3. The van der Waals surface area contributed by atoms with Crippen molar-refractivity contribution in [2.75, 3.05) is 45.4 Å². The van der Waals surface area contributed by atoms with E-state index in [2.05, 4.69) is 4.90 Å². The third-order valence-corrected chi connectivity index (χ3v) is 7.82. The summed E-state index contributed by atoms with van der Waals surface area (Å²) in [5.74, 6) is -1.01. The van der Waals surface area contributed by atoms with Crippen LogP contribution in [0.5, 0.6) is 17.2 Å². The van der Waals surface area contributed by atoms with Gasteiger partial charge in [-0.1, -0.05) is 18.2 Å². The number of amides is 1. The number of nitrogens with zero attached hydrogens (tertiary/aromatic N) is 2. The first kappa shape index (κ1) is 34.8. The van der Waals surface area contributed by atoms with Crippen molar-refractivity contribution in [2.45, 2.75) is 31.5 Å². The molecule has 3 aromatic carbocycles. The van der Waals surface area contributed by atoms with Gasteiger partial charge in [0.05, 0.1) is 31.5 Å². The van der Waals surface area contributed by atoms with Gasteiger partial charge in [-0.15, -0.1) is 0 Å². The fourth-order valence-electron chi connectivity index (χ4n) is 5.49. The Morgan fingerprint density at radius 3 is 2.04 bits per heavy atom. The Hall–Kier alpha value is -5.04. The van der Waals surface area contributed by atoms with Crippen molar-refractivity contribution >= 4 is 23.5 Å². The van der Waals surface area contributed by atoms with Crippen molar-refractivity contribution in [1.82, 2.24) is 4.90 Å². The second-order valence-electron chi connectivity index (χ2n) is 10.8. The molecule has 13 heteroatoms. The lowest BCUT2D eigenvalue weighted by Crippen LogP contribution is -2.48. The lowest BCUT2D eigenvalue weighted by atomic mass is 10.0. The van der Waals surface area contributed by atoms with Crippen LogP contribution in [-0.4, -0.2) is 79.5 Å². The minimum absolute atomic E-state index is 0.000329. The summed E-state index contributed by atoms with van der Waals surface area (Å²) in [4.78, 5) is 36.8. The predicted octanol–water partition coefficient (Wildman–Crippen LogP) is 5.33. The molecule has 1 unspecified atom stereocenters. The van der Waals surface area contributed by atoms with Crippen molar-refractivity contribution in [3.63, 3.8) is 0 Å². The minimum Gasteiger partial charge on any atom is -0.493 e. The molecule has 2 aliphatic heterocycles. The maximum atomic E-state index is 13.7. The van der Waals surface area contributed by atoms with E-state index in [4.69, 9.17) is 24.4 Å². The molecule has 2 aliphatic rings. The molecule has 0 saturated carbocycles. The van der Waals surface area contributed by atoms with Gasteiger partial charge in [0.1, 0.15) is 12.4 Å². The number of rotatable bonds is 8. The highest BCUT2D eigenvalue weighted by atomic mass is 19.4. The number of anilines is 1. The third kappa shape index (κ3) is 9.03. The summed E-state index contributed by atoms with van der Waals surface area (Å²) >= 11 is 0. The average Bonchev–Trinajstić information content (AvgIpc) is 3.26. The number of carbonyl (C=O) groups is 3. The number of hydrogen-bond donors (Lipinski definition) is 2. The van der Waals surface area contributed by atoms with Crippen LogP contribution < -0.4 is 19.1 Å². The van der Waals surface area contributed by atoms with Crippen molar-refractivity contribution in [1.29, 1.82) is 0 Å². The molecule has 0 aliphatic carbocycles. The van der Waals surface area contributed by atoms with Crippen LogP contribution in [0, 0.1) is 0 Å². The number of para-hydroxylation sites is 2. The Bertz CT molecular complexity index is 1570. The number of aliphatic carboxylic acids is 2. The van der Waals surface area contributed by atoms with E-state index in [1.54, 1.807) is 37.3 Å². The van der Waals surface area contributed by atoms with E-state index in [9.17, 15) is 27.6 Å². The molecule has 1 amide bonds. The van der Waals surface area contributed by atoms with Crippen LogP contribution in [0.25, 0.3) is 0 Å². The van der Waals surface area contributed by atoms with Gasteiger partial charge in [0.25, 0.3) is 5.91 Å². The number of carboxylic acids is 2. The molecule has 0 radical (unpaired) electrons. The molecule has 250 valence electrons. The van der Waals surface area contributed by atoms with E-state index in [1.165, 1.54) is 23.3 Å². The number of halogens is 3. The van der Waals surface area contributed by atoms with Gasteiger partial charge in [0.2, 0.25) is 0 Å². The van der Waals surface area contributed by atoms with Crippen LogP contribution in [0.2, 0.25) is 0 Å². The summed E-state index contributed by atoms with van der Waals surface area (Å²) in [6, 6.07) is 15.5. The van der Waals surface area contributed by atoms with Crippen molar-refractivity contribution in [3.8, 4) is 17.2 Å². The number of ether oxygens (including phenoxy) is 3. The van der Waals surface area contributed by atoms with Crippen molar-refractivity contribution in [2.24, 2.45) is 0 Å². The first-order valence-electron chi connectivity index (χ1n) is 14.7. The Morgan fingerprint density at radius 1 is 0.894 bits per heavy atom. The molecule has 0 aromatic heterocycles. The van der Waals surface area contributed by atoms with Gasteiger partial charge in [0.15, 0.2) is 11.5 Å². The molecule has 47 heavy (non-hydrogen) atoms. The number of methoxy groups -OCH3 is 2. The van der Waals surface area contributed by atoms with Gasteiger partial charge in [-0.2, -0.15) is 13.2 Å². The highest BCUT2D eigenvalue weighted by Gasteiger charge is 2.35. The molecule has 0 bridgehead atoms. The largest absolute Gasteiger partial charge is 0.493 e. The summed E-state index contributed by atoms with van der Waals surface area (Å²) < 4.78 is 57.0. The van der Waals surface area contributed by atoms with Gasteiger partial charge in [-0.05, 0) is 72.9 Å². The first-order valence-corrected chi connectivity index (χ1v) is 14.7. The quantitative estimate of drug-likeness (QED) is 0.310. The standard InChI is InChI=1S/C30H31F3N2O4.C4H4O4/c1-37-27-17-20-10-13-34(14-11-21(20)18-28(27)38-2)15-12-24-19-39-26-9-4-3-8-25(26)35(24)29(36)22-6-5-7-23(16-22)30(31,32)33;5-3(6)1-2-4(7)8/h3-9,16-18,24H,10-15,19H2,1-2H3;1-2H,(H,5,6)(H,7,8)/b;2-1+. The van der Waals surface area contributed by atoms with E-state index in [-0.39, 0.29) is 18.2 Å². The van der Waals surface area contributed by atoms with Crippen molar-refractivity contribution in [3.05, 3.63) is 95.1 Å². The second kappa shape index (κ2) is 15.5. The number of fused-ring (bicyclic) bond motifs is 2. The second-order valence-corrected chi connectivity index (χ2v) is 10.8. The van der Waals surface area contributed by atoms with Crippen LogP contribution in [0.1, 0.15) is 33.5 Å². The monoisotopic (exact) mass is 656 g/mol. The van der Waals surface area contributed by atoms with E-state index >= 15 is 0 Å². The van der Waals surface area contributed by atoms with Crippen molar-refractivity contribution < 1.29 is 52.0 Å². The Balaban J connectivity index is 0.000000555. The van der Waals surface area contributed by atoms with E-state index in [0.29, 0.717) is 48.1 Å². The van der Waals surface area contributed by atoms with Gasteiger partial charge >= 0.3 is 18.1 Å². The van der Waals surface area contributed by atoms with Crippen LogP contribution in [0.4, 0.5) is 18.9 Å². The average molecular weight is 657 g/mol. The van der Waals surface area contributed by atoms with E-state index in [1.807, 2.05) is 18.2 Å². The molecule has 0 saturated heterocycles. The maximum Gasteiger partial charge on any atom is 0.416 e. The van der Waals surface area contributed by atoms with Crippen LogP contribution >= 0.6 is 0 Å². The van der Waals surface area contributed by atoms with Crippen LogP contribution in [0.3, 0.4) is 0 Å². The predicted molar refractivity (Wildman–Crippen MR) is 166 cm³/mol. The zero-order valence-corrected chi connectivity index (χ0v) is 25.8. The zero-order chi connectivity index (χ0) is 34.1. The molecular weight excluding hydrogens is 621 g/mol. The number of benzene rings is 3. The topological polar surface area (TPSA) is 126 Å². The fourth-order valence-corrected chi connectivity index (χ4v) is 5.49. The molecule has 0 spiro atoms. The van der Waals surface area contributed by atoms with Gasteiger partial charge in [0, 0.05) is 37.3 Å². The maximum absolute atomic E-state index is 13.7. The molecule has 2 heterocycles. The third-order valence-electron chi connectivity index (χ3n) is 7.82. The molecule has 10 nitrogen and oxygen atoms in total. The van der Waals surface area contributed by atoms with Gasteiger partial charge < -0.3 is 29.3 Å². The Morgan fingerprint density at radius 2 is 1.49 bits per heavy atom. The lowest BCUT2D eigenvalue weighted by molar-refractivity contribution is -0.137. The van der Waals surface area contributed by atoms with E-state index in [0.717, 1.165) is 38.1 Å². The van der Waals surface area contributed by atoms with Gasteiger partial charge in [-0.25, -0.2) is 9.59 Å². The summed E-state index contributed by atoms with van der Waals surface area (Å²) in [6.45, 7) is 2.66. The number of carboxylic acid groups (broad SMARTS) is 2. The summed E-state index contributed by atoms with van der Waals surface area (Å²) in [5, 5.41) is 15.6. The molecule has 1 atom stereocenters. The first-order chi connectivity index (χ1) is 22.4.